The summed E-state index contributed by atoms with van der Waals surface area (Å²) in [5.41, 5.74) is 7.68. The van der Waals surface area contributed by atoms with Gasteiger partial charge in [0.2, 0.25) is 0 Å². The molecule has 2 N–H and O–H groups in total. The predicted octanol–water partition coefficient (Wildman–Crippen LogP) is 1.67. The van der Waals surface area contributed by atoms with Crippen molar-refractivity contribution in [1.29, 1.82) is 0 Å². The van der Waals surface area contributed by atoms with E-state index in [2.05, 4.69) is 30.9 Å². The number of hydrogen-bond donors (Lipinski definition) is 1. The molecule has 0 amide bonds. The summed E-state index contributed by atoms with van der Waals surface area (Å²) in [7, 11) is 6.19. The zero-order valence-electron chi connectivity index (χ0n) is 11.6. The van der Waals surface area contributed by atoms with Crippen LogP contribution in [0.3, 0.4) is 0 Å². The molecule has 0 unspecified atom stereocenters. The zero-order chi connectivity index (χ0) is 13.5. The fraction of sp³-hybridized carbons (Fsp3) is 0.571. The Balaban J connectivity index is 2.52. The van der Waals surface area contributed by atoms with Crippen LogP contribution in [0.5, 0.6) is 0 Å². The molecule has 1 aromatic carbocycles. The van der Waals surface area contributed by atoms with Gasteiger partial charge in [0.15, 0.2) is 0 Å². The van der Waals surface area contributed by atoms with E-state index in [0.29, 0.717) is 6.54 Å². The quantitative estimate of drug-likeness (QED) is 0.802. The Kier molecular flexibility index (Phi) is 6.25. The van der Waals surface area contributed by atoms with Gasteiger partial charge < -0.3 is 15.5 Å². The Labute approximate surface area is 109 Å². The third kappa shape index (κ3) is 5.12. The molecular formula is C14H24FN3. The maximum absolute atomic E-state index is 13.2. The zero-order valence-corrected chi connectivity index (χ0v) is 11.6. The summed E-state index contributed by atoms with van der Waals surface area (Å²) in [5.74, 6) is -0.191. The monoisotopic (exact) mass is 253 g/mol. The summed E-state index contributed by atoms with van der Waals surface area (Å²) in [6.07, 6.45) is 1.11. The van der Waals surface area contributed by atoms with Crippen LogP contribution >= 0.6 is 0 Å². The average molecular weight is 253 g/mol. The summed E-state index contributed by atoms with van der Waals surface area (Å²) in [5, 5.41) is 0. The van der Waals surface area contributed by atoms with Gasteiger partial charge >= 0.3 is 0 Å². The molecule has 0 radical (unpaired) electrons. The molecule has 0 aromatic heterocycles. The van der Waals surface area contributed by atoms with Crippen molar-refractivity contribution in [3.05, 3.63) is 35.1 Å². The molecule has 0 atom stereocenters. The highest BCUT2D eigenvalue weighted by molar-refractivity contribution is 5.27. The number of nitrogens with two attached hydrogens (primary N) is 1. The second-order valence-corrected chi connectivity index (χ2v) is 5.01. The lowest BCUT2D eigenvalue weighted by molar-refractivity contribution is 0.293. The van der Waals surface area contributed by atoms with Gasteiger partial charge in [-0.15, -0.1) is 0 Å². The summed E-state index contributed by atoms with van der Waals surface area (Å²) >= 11 is 0. The number of rotatable bonds is 7. The normalized spacial score (nSPS) is 11.5. The lowest BCUT2D eigenvalue weighted by atomic mass is 10.1. The maximum Gasteiger partial charge on any atom is 0.123 e. The van der Waals surface area contributed by atoms with Crippen molar-refractivity contribution in [1.82, 2.24) is 9.80 Å². The molecule has 0 fully saturated rings. The minimum Gasteiger partial charge on any atom is -0.326 e. The second kappa shape index (κ2) is 7.46. The smallest absolute Gasteiger partial charge is 0.123 e. The Bertz CT molecular complexity index is 366. The molecule has 0 saturated heterocycles. The number of halogens is 1. The average Bonchev–Trinajstić information content (AvgIpc) is 2.28. The lowest BCUT2D eigenvalue weighted by Gasteiger charge is -2.19. The van der Waals surface area contributed by atoms with Crippen LogP contribution in [0.15, 0.2) is 18.2 Å². The number of hydrogen-bond acceptors (Lipinski definition) is 3. The molecule has 102 valence electrons. The molecule has 0 bridgehead atoms. The highest BCUT2D eigenvalue weighted by atomic mass is 19.1. The van der Waals surface area contributed by atoms with Crippen LogP contribution in [0.2, 0.25) is 0 Å². The van der Waals surface area contributed by atoms with Gasteiger partial charge in [-0.2, -0.15) is 0 Å². The molecular weight excluding hydrogens is 229 g/mol. The van der Waals surface area contributed by atoms with E-state index < -0.39 is 0 Å². The van der Waals surface area contributed by atoms with Gasteiger partial charge in [-0.25, -0.2) is 4.39 Å². The van der Waals surface area contributed by atoms with Gasteiger partial charge in [0.25, 0.3) is 0 Å². The first-order chi connectivity index (χ1) is 8.52. The van der Waals surface area contributed by atoms with Gasteiger partial charge in [-0.3, -0.25) is 0 Å². The van der Waals surface area contributed by atoms with E-state index in [9.17, 15) is 4.39 Å². The third-order valence-corrected chi connectivity index (χ3v) is 2.97. The molecule has 18 heavy (non-hydrogen) atoms. The van der Waals surface area contributed by atoms with Crippen LogP contribution in [-0.4, -0.2) is 44.0 Å². The first-order valence-corrected chi connectivity index (χ1v) is 6.33. The molecule has 0 aliphatic carbocycles. The molecule has 0 spiro atoms. The Morgan fingerprint density at radius 1 is 1.11 bits per heavy atom. The Hall–Kier alpha value is -0.970. The molecule has 4 heteroatoms. The Morgan fingerprint density at radius 3 is 2.44 bits per heavy atom. The van der Waals surface area contributed by atoms with E-state index in [0.717, 1.165) is 37.2 Å². The highest BCUT2D eigenvalue weighted by Gasteiger charge is 2.06. The van der Waals surface area contributed by atoms with Gasteiger partial charge in [0.05, 0.1) is 0 Å². The van der Waals surface area contributed by atoms with E-state index in [1.807, 2.05) is 0 Å². The molecule has 3 nitrogen and oxygen atoms in total. The second-order valence-electron chi connectivity index (χ2n) is 5.01. The van der Waals surface area contributed by atoms with E-state index in [4.69, 9.17) is 5.73 Å². The van der Waals surface area contributed by atoms with E-state index in [1.165, 1.54) is 6.07 Å². The van der Waals surface area contributed by atoms with Crippen molar-refractivity contribution in [2.45, 2.75) is 19.5 Å². The summed E-state index contributed by atoms with van der Waals surface area (Å²) in [4.78, 5) is 4.37. The van der Waals surface area contributed by atoms with Crippen LogP contribution in [-0.2, 0) is 13.1 Å². The van der Waals surface area contributed by atoms with Crippen molar-refractivity contribution in [3.8, 4) is 0 Å². The van der Waals surface area contributed by atoms with Gasteiger partial charge in [0.1, 0.15) is 5.82 Å². The van der Waals surface area contributed by atoms with Crippen LogP contribution in [0.4, 0.5) is 4.39 Å². The van der Waals surface area contributed by atoms with E-state index in [1.54, 1.807) is 12.1 Å². The first kappa shape index (κ1) is 15.1. The van der Waals surface area contributed by atoms with Crippen molar-refractivity contribution in [2.24, 2.45) is 5.73 Å². The van der Waals surface area contributed by atoms with Gasteiger partial charge in [0, 0.05) is 13.1 Å². The topological polar surface area (TPSA) is 32.5 Å². The van der Waals surface area contributed by atoms with Gasteiger partial charge in [-0.1, -0.05) is 6.07 Å². The summed E-state index contributed by atoms with van der Waals surface area (Å²) < 4.78 is 13.2. The number of benzene rings is 1. The van der Waals surface area contributed by atoms with Crippen molar-refractivity contribution < 1.29 is 4.39 Å². The first-order valence-electron chi connectivity index (χ1n) is 6.33. The largest absolute Gasteiger partial charge is 0.326 e. The van der Waals surface area contributed by atoms with Crippen LogP contribution in [0.1, 0.15) is 17.5 Å². The van der Waals surface area contributed by atoms with Crippen LogP contribution in [0.25, 0.3) is 0 Å². The maximum atomic E-state index is 13.2. The fourth-order valence-electron chi connectivity index (χ4n) is 1.97. The molecule has 1 rings (SSSR count). The standard InChI is InChI=1S/C14H24FN3/c1-17(2)7-4-8-18(3)11-13-9-14(15)6-5-12(13)10-16/h5-6,9H,4,7-8,10-11,16H2,1-3H3. The van der Waals surface area contributed by atoms with Gasteiger partial charge in [-0.05, 0) is 63.9 Å². The van der Waals surface area contributed by atoms with Crippen molar-refractivity contribution in [3.63, 3.8) is 0 Å². The molecule has 0 aliphatic heterocycles. The SMILES string of the molecule is CN(C)CCCN(C)Cc1cc(F)ccc1CN. The highest BCUT2D eigenvalue weighted by Crippen LogP contribution is 2.13. The number of nitrogens with zero attached hydrogens (tertiary/aromatic N) is 2. The van der Waals surface area contributed by atoms with Crippen LogP contribution < -0.4 is 5.73 Å². The van der Waals surface area contributed by atoms with Crippen molar-refractivity contribution in [2.75, 3.05) is 34.2 Å². The molecule has 1 aromatic rings. The van der Waals surface area contributed by atoms with E-state index in [-0.39, 0.29) is 5.82 Å². The fourth-order valence-corrected chi connectivity index (χ4v) is 1.97. The summed E-state index contributed by atoms with van der Waals surface area (Å²) in [6, 6.07) is 4.83. The summed E-state index contributed by atoms with van der Waals surface area (Å²) in [6.45, 7) is 3.27. The minimum atomic E-state index is -0.191. The predicted molar refractivity (Wildman–Crippen MR) is 73.8 cm³/mol. The van der Waals surface area contributed by atoms with Crippen LogP contribution in [0, 0.1) is 5.82 Å². The van der Waals surface area contributed by atoms with E-state index >= 15 is 0 Å². The Morgan fingerprint density at radius 2 is 1.83 bits per heavy atom. The lowest BCUT2D eigenvalue weighted by Crippen LogP contribution is -2.24. The third-order valence-electron chi connectivity index (χ3n) is 2.97. The minimum absolute atomic E-state index is 0.191. The molecule has 0 aliphatic rings. The van der Waals surface area contributed by atoms with Crippen molar-refractivity contribution >= 4 is 0 Å². The molecule has 0 saturated carbocycles. The molecule has 0 heterocycles.